The van der Waals surface area contributed by atoms with Crippen LogP contribution in [-0.2, 0) is 4.79 Å². The first-order valence-corrected chi connectivity index (χ1v) is 9.34. The van der Waals surface area contributed by atoms with Gasteiger partial charge in [-0.2, -0.15) is 0 Å². The van der Waals surface area contributed by atoms with Crippen LogP contribution in [0.3, 0.4) is 0 Å². The normalized spacial score (nSPS) is 20.9. The van der Waals surface area contributed by atoms with E-state index >= 15 is 0 Å². The molecule has 1 aromatic heterocycles. The Hall–Kier alpha value is -2.15. The van der Waals surface area contributed by atoms with Gasteiger partial charge in [-0.05, 0) is 30.5 Å². The number of fused-ring (bicyclic) bond motifs is 1. The van der Waals surface area contributed by atoms with E-state index < -0.39 is 11.9 Å². The Kier molecular flexibility index (Phi) is 4.94. The second kappa shape index (κ2) is 7.00. The van der Waals surface area contributed by atoms with Crippen molar-refractivity contribution in [3.8, 4) is 0 Å². The second-order valence-corrected chi connectivity index (χ2v) is 8.16. The van der Waals surface area contributed by atoms with Crippen molar-refractivity contribution in [2.24, 2.45) is 11.8 Å². The van der Waals surface area contributed by atoms with E-state index in [1.54, 1.807) is 16.2 Å². The van der Waals surface area contributed by atoms with E-state index in [1.807, 2.05) is 25.1 Å². The molecule has 0 spiro atoms. The third-order valence-corrected chi connectivity index (χ3v) is 5.77. The molecule has 2 amide bonds. The Labute approximate surface area is 150 Å². The van der Waals surface area contributed by atoms with Crippen LogP contribution in [0.15, 0.2) is 18.2 Å². The Morgan fingerprint density at radius 1 is 1.36 bits per heavy atom. The minimum Gasteiger partial charge on any atom is -0.481 e. The number of hydrogen-bond donors (Lipinski definition) is 2. The first-order valence-electron chi connectivity index (χ1n) is 8.52. The number of aromatic nitrogens is 1. The zero-order chi connectivity index (χ0) is 18.1. The highest BCUT2D eigenvalue weighted by molar-refractivity contribution is 7.18. The van der Waals surface area contributed by atoms with Crippen molar-refractivity contribution in [1.29, 1.82) is 0 Å². The van der Waals surface area contributed by atoms with Crippen LogP contribution in [0.5, 0.6) is 0 Å². The van der Waals surface area contributed by atoms with Crippen LogP contribution in [0, 0.1) is 11.8 Å². The lowest BCUT2D eigenvalue weighted by atomic mass is 9.91. The lowest BCUT2D eigenvalue weighted by Gasteiger charge is -2.34. The van der Waals surface area contributed by atoms with Crippen molar-refractivity contribution < 1.29 is 14.7 Å². The number of amides is 2. The average Bonchev–Trinajstić information content (AvgIpc) is 2.97. The van der Waals surface area contributed by atoms with Crippen molar-refractivity contribution in [2.45, 2.75) is 33.1 Å². The second-order valence-electron chi connectivity index (χ2n) is 7.10. The number of carbonyl (C=O) groups excluding carboxylic acids is 1. The highest BCUT2D eigenvalue weighted by atomic mass is 32.1. The number of aliphatic carboxylic acids is 1. The first kappa shape index (κ1) is 17.7. The molecule has 0 radical (unpaired) electrons. The monoisotopic (exact) mass is 361 g/mol. The van der Waals surface area contributed by atoms with Gasteiger partial charge in [-0.1, -0.05) is 20.8 Å². The number of hydrogen-bond acceptors (Lipinski definition) is 4. The van der Waals surface area contributed by atoms with E-state index in [-0.39, 0.29) is 18.5 Å². The summed E-state index contributed by atoms with van der Waals surface area (Å²) in [6.07, 6.45) is 0.615. The molecule has 3 rings (SSSR count). The third-order valence-electron chi connectivity index (χ3n) is 4.45. The van der Waals surface area contributed by atoms with Crippen LogP contribution in [0.25, 0.3) is 10.2 Å². The summed E-state index contributed by atoms with van der Waals surface area (Å²) < 4.78 is 1.04. The Balaban J connectivity index is 1.73. The number of benzene rings is 1. The number of anilines is 1. The molecule has 2 aromatic rings. The molecule has 2 N–H and O–H groups in total. The summed E-state index contributed by atoms with van der Waals surface area (Å²) in [6, 6.07) is 5.43. The molecule has 0 saturated carbocycles. The summed E-state index contributed by atoms with van der Waals surface area (Å²) in [6.45, 7) is 7.03. The van der Waals surface area contributed by atoms with Crippen LogP contribution in [0.2, 0.25) is 0 Å². The maximum absolute atomic E-state index is 12.5. The van der Waals surface area contributed by atoms with Gasteiger partial charge in [0.25, 0.3) is 0 Å². The predicted molar refractivity (Wildman–Crippen MR) is 99.2 cm³/mol. The molecule has 0 bridgehead atoms. The Morgan fingerprint density at radius 3 is 2.80 bits per heavy atom. The van der Waals surface area contributed by atoms with Crippen LogP contribution in [-0.4, -0.2) is 40.1 Å². The van der Waals surface area contributed by atoms with Gasteiger partial charge >= 0.3 is 12.0 Å². The average molecular weight is 361 g/mol. The maximum Gasteiger partial charge on any atom is 0.321 e. The van der Waals surface area contributed by atoms with E-state index in [1.165, 1.54) is 0 Å². The molecule has 1 fully saturated rings. The zero-order valence-corrected chi connectivity index (χ0v) is 15.5. The van der Waals surface area contributed by atoms with Gasteiger partial charge in [0.1, 0.15) is 0 Å². The van der Waals surface area contributed by atoms with Crippen molar-refractivity contribution in [3.05, 3.63) is 23.2 Å². The smallest absolute Gasteiger partial charge is 0.321 e. The van der Waals surface area contributed by atoms with Crippen LogP contribution in [0.1, 0.15) is 38.1 Å². The van der Waals surface area contributed by atoms with Gasteiger partial charge < -0.3 is 15.3 Å². The lowest BCUT2D eigenvalue weighted by molar-refractivity contribution is -0.143. The highest BCUT2D eigenvalue weighted by Gasteiger charge is 2.31. The summed E-state index contributed by atoms with van der Waals surface area (Å²) in [7, 11) is 0. The number of carboxylic acid groups (broad SMARTS) is 1. The van der Waals surface area contributed by atoms with Gasteiger partial charge in [0.2, 0.25) is 0 Å². The van der Waals surface area contributed by atoms with E-state index in [0.29, 0.717) is 24.6 Å². The first-order chi connectivity index (χ1) is 11.8. The molecule has 134 valence electrons. The number of rotatable bonds is 3. The quantitative estimate of drug-likeness (QED) is 0.866. The fourth-order valence-corrected chi connectivity index (χ4v) is 4.18. The number of piperidine rings is 1. The van der Waals surface area contributed by atoms with E-state index in [0.717, 1.165) is 15.2 Å². The number of nitrogens with zero attached hydrogens (tertiary/aromatic N) is 2. The fourth-order valence-electron chi connectivity index (χ4n) is 3.17. The molecule has 7 heteroatoms. The van der Waals surface area contributed by atoms with Crippen LogP contribution < -0.4 is 5.32 Å². The molecule has 2 atom stereocenters. The van der Waals surface area contributed by atoms with Crippen LogP contribution >= 0.6 is 11.3 Å². The van der Waals surface area contributed by atoms with Crippen LogP contribution in [0.4, 0.5) is 10.5 Å². The van der Waals surface area contributed by atoms with Crippen molar-refractivity contribution in [1.82, 2.24) is 9.88 Å². The zero-order valence-electron chi connectivity index (χ0n) is 14.7. The van der Waals surface area contributed by atoms with Gasteiger partial charge in [-0.15, -0.1) is 11.3 Å². The molecule has 1 saturated heterocycles. The molecule has 1 aromatic carbocycles. The topological polar surface area (TPSA) is 82.5 Å². The summed E-state index contributed by atoms with van der Waals surface area (Å²) in [4.78, 5) is 30.0. The highest BCUT2D eigenvalue weighted by Crippen LogP contribution is 2.29. The molecule has 6 nitrogen and oxygen atoms in total. The van der Waals surface area contributed by atoms with E-state index in [4.69, 9.17) is 0 Å². The van der Waals surface area contributed by atoms with Gasteiger partial charge in [0.15, 0.2) is 0 Å². The largest absolute Gasteiger partial charge is 0.481 e. The van der Waals surface area contributed by atoms with Crippen molar-refractivity contribution in [3.63, 3.8) is 0 Å². The minimum absolute atomic E-state index is 0.179. The standard InChI is InChI=1S/C18H23N3O3S/c1-10(2)16-20-14-5-4-13(7-15(14)25-16)19-18(24)21-8-11(3)6-12(9-21)17(22)23/h4-5,7,10-12H,6,8-9H2,1-3H3,(H,19,24)(H,22,23). The maximum atomic E-state index is 12.5. The summed E-state index contributed by atoms with van der Waals surface area (Å²) >= 11 is 1.63. The van der Waals surface area contributed by atoms with Gasteiger partial charge in [0, 0.05) is 24.7 Å². The summed E-state index contributed by atoms with van der Waals surface area (Å²) in [5.41, 5.74) is 1.64. The Morgan fingerprint density at radius 2 is 2.12 bits per heavy atom. The van der Waals surface area contributed by atoms with Crippen molar-refractivity contribution in [2.75, 3.05) is 18.4 Å². The number of nitrogens with one attached hydrogen (secondary N) is 1. The minimum atomic E-state index is -0.836. The van der Waals surface area contributed by atoms with Crippen molar-refractivity contribution >= 4 is 39.2 Å². The Bertz CT molecular complexity index is 802. The van der Waals surface area contributed by atoms with E-state index in [2.05, 4.69) is 24.1 Å². The predicted octanol–water partition coefficient (Wildman–Crippen LogP) is 3.99. The molecule has 2 unspecified atom stereocenters. The van der Waals surface area contributed by atoms with Gasteiger partial charge in [-0.3, -0.25) is 4.79 Å². The SMILES string of the molecule is CC1CC(C(=O)O)CN(C(=O)Nc2ccc3nc(C(C)C)sc3c2)C1. The number of likely N-dealkylation sites (tertiary alicyclic amines) is 1. The third kappa shape index (κ3) is 3.92. The molecule has 1 aliphatic heterocycles. The molecule has 0 aliphatic carbocycles. The molecule has 25 heavy (non-hydrogen) atoms. The summed E-state index contributed by atoms with van der Waals surface area (Å²) in [5, 5.41) is 13.2. The molecule has 2 heterocycles. The fraction of sp³-hybridized carbons (Fsp3) is 0.500. The molecular weight excluding hydrogens is 338 g/mol. The number of thiazole rings is 1. The van der Waals surface area contributed by atoms with Gasteiger partial charge in [-0.25, -0.2) is 9.78 Å². The lowest BCUT2D eigenvalue weighted by Crippen LogP contribution is -2.47. The van der Waals surface area contributed by atoms with E-state index in [9.17, 15) is 14.7 Å². The number of carbonyl (C=O) groups is 2. The van der Waals surface area contributed by atoms with Gasteiger partial charge in [0.05, 0.1) is 21.1 Å². The molecule has 1 aliphatic rings. The number of carboxylic acids is 1. The molecular formula is C18H23N3O3S. The summed E-state index contributed by atoms with van der Waals surface area (Å²) in [5.74, 6) is -0.778. The number of urea groups is 1.